The van der Waals surface area contributed by atoms with Crippen molar-refractivity contribution in [1.29, 1.82) is 0 Å². The van der Waals surface area contributed by atoms with Crippen LogP contribution in [0.25, 0.3) is 0 Å². The second-order valence-electron chi connectivity index (χ2n) is 2.81. The molecule has 1 heterocycles. The second-order valence-corrected chi connectivity index (χ2v) is 2.81. The first-order valence-electron chi connectivity index (χ1n) is 3.96. The number of aliphatic hydroxyl groups is 3. The minimum Gasteiger partial charge on any atom is -0.438 e. The highest BCUT2D eigenvalue weighted by molar-refractivity contribution is 5.59. The minimum atomic E-state index is -1.46. The Labute approximate surface area is 79.8 Å². The Morgan fingerprint density at radius 2 is 2.00 bits per heavy atom. The van der Waals surface area contributed by atoms with E-state index < -0.39 is 30.8 Å². The molecule has 0 aliphatic carbocycles. The van der Waals surface area contributed by atoms with Crippen LogP contribution in [0.5, 0.6) is 0 Å². The highest BCUT2D eigenvalue weighted by Gasteiger charge is 2.42. The molecular weight excluding hydrogens is 196 g/mol. The lowest BCUT2D eigenvalue weighted by molar-refractivity contribution is -0.134. The van der Waals surface area contributed by atoms with Crippen LogP contribution in [-0.4, -0.2) is 59.8 Å². The molecule has 0 aromatic carbocycles. The van der Waals surface area contributed by atoms with E-state index >= 15 is 0 Å². The largest absolute Gasteiger partial charge is 0.508 e. The smallest absolute Gasteiger partial charge is 0.438 e. The molecule has 1 fully saturated rings. The monoisotopic (exact) mass is 208 g/mol. The van der Waals surface area contributed by atoms with Gasteiger partial charge in [0, 0.05) is 0 Å². The molecule has 0 saturated carbocycles. The molecule has 0 aromatic heterocycles. The molecule has 0 amide bonds. The number of methoxy groups -OCH3 is 1. The van der Waals surface area contributed by atoms with Crippen LogP contribution in [-0.2, 0) is 14.2 Å². The molecule has 1 rings (SSSR count). The molecule has 4 atom stereocenters. The average molecular weight is 208 g/mol. The van der Waals surface area contributed by atoms with Gasteiger partial charge in [0.15, 0.2) is 6.29 Å². The zero-order chi connectivity index (χ0) is 10.7. The van der Waals surface area contributed by atoms with Crippen molar-refractivity contribution in [3.05, 3.63) is 0 Å². The molecule has 1 aliphatic rings. The summed E-state index contributed by atoms with van der Waals surface area (Å²) in [5.41, 5.74) is 0. The van der Waals surface area contributed by atoms with Crippen LogP contribution in [0.15, 0.2) is 0 Å². The van der Waals surface area contributed by atoms with Crippen LogP contribution in [0.2, 0.25) is 0 Å². The third kappa shape index (κ3) is 2.32. The van der Waals surface area contributed by atoms with Crippen molar-refractivity contribution in [3.8, 4) is 0 Å². The van der Waals surface area contributed by atoms with Gasteiger partial charge in [-0.3, -0.25) is 0 Å². The Kier molecular flexibility index (Phi) is 3.64. The molecule has 7 nitrogen and oxygen atoms in total. The zero-order valence-electron chi connectivity index (χ0n) is 7.49. The highest BCUT2D eigenvalue weighted by atomic mass is 16.7. The van der Waals surface area contributed by atoms with Gasteiger partial charge in [0.2, 0.25) is 0 Å². The van der Waals surface area contributed by atoms with E-state index in [1.54, 1.807) is 0 Å². The summed E-state index contributed by atoms with van der Waals surface area (Å²) in [7, 11) is 1.14. The number of ether oxygens (including phenoxy) is 3. The molecule has 1 saturated heterocycles. The molecule has 0 spiro atoms. The fraction of sp³-hybridized carbons (Fsp3) is 0.857. The quantitative estimate of drug-likeness (QED) is 0.460. The van der Waals surface area contributed by atoms with Gasteiger partial charge in [-0.25, -0.2) is 4.79 Å². The summed E-state index contributed by atoms with van der Waals surface area (Å²) in [6.45, 7) is -0.290. The maximum atomic E-state index is 10.5. The average Bonchev–Trinajstić information content (AvgIpc) is 2.42. The van der Waals surface area contributed by atoms with E-state index in [0.717, 1.165) is 7.11 Å². The van der Waals surface area contributed by atoms with E-state index in [9.17, 15) is 9.90 Å². The zero-order valence-corrected chi connectivity index (χ0v) is 7.49. The predicted octanol–water partition coefficient (Wildman–Crippen LogP) is -1.79. The third-order valence-electron chi connectivity index (χ3n) is 1.87. The van der Waals surface area contributed by atoms with Crippen molar-refractivity contribution in [3.63, 3.8) is 0 Å². The van der Waals surface area contributed by atoms with Crippen LogP contribution in [0.1, 0.15) is 0 Å². The molecule has 0 radical (unpaired) electrons. The number of carbonyl (C=O) groups excluding carboxylic acids is 1. The van der Waals surface area contributed by atoms with Crippen molar-refractivity contribution in [1.82, 2.24) is 0 Å². The summed E-state index contributed by atoms with van der Waals surface area (Å²) in [5, 5.41) is 27.3. The Morgan fingerprint density at radius 3 is 2.43 bits per heavy atom. The molecule has 0 bridgehead atoms. The Bertz CT molecular complexity index is 206. The van der Waals surface area contributed by atoms with Crippen molar-refractivity contribution >= 4 is 6.16 Å². The Morgan fingerprint density at radius 1 is 1.36 bits per heavy atom. The Balaban J connectivity index is 2.36. The van der Waals surface area contributed by atoms with Gasteiger partial charge in [-0.05, 0) is 0 Å². The lowest BCUT2D eigenvalue weighted by Gasteiger charge is -2.13. The summed E-state index contributed by atoms with van der Waals surface area (Å²) < 4.78 is 13.4. The van der Waals surface area contributed by atoms with E-state index in [-0.39, 0.29) is 6.61 Å². The number of carbonyl (C=O) groups is 1. The van der Waals surface area contributed by atoms with Crippen LogP contribution >= 0.6 is 0 Å². The number of hydrogen-bond donors (Lipinski definition) is 3. The van der Waals surface area contributed by atoms with Gasteiger partial charge in [0.25, 0.3) is 0 Å². The van der Waals surface area contributed by atoms with Gasteiger partial charge in [0.05, 0.1) is 7.11 Å². The first-order valence-corrected chi connectivity index (χ1v) is 3.96. The lowest BCUT2D eigenvalue weighted by Crippen LogP contribution is -2.34. The molecule has 0 aromatic rings. The van der Waals surface area contributed by atoms with E-state index in [4.69, 9.17) is 14.9 Å². The standard InChI is InChI=1S/C7H12O7/c1-12-7(11)13-2-3-4(8)5(9)6(10)14-3/h3-6,8-10H,2H2,1H3/t3-,4-,5+,6?/m0/s1. The molecule has 82 valence electrons. The van der Waals surface area contributed by atoms with Crippen LogP contribution < -0.4 is 0 Å². The van der Waals surface area contributed by atoms with E-state index in [1.165, 1.54) is 0 Å². The molecule has 1 aliphatic heterocycles. The minimum absolute atomic E-state index is 0.290. The van der Waals surface area contributed by atoms with Crippen molar-refractivity contribution in [2.45, 2.75) is 24.6 Å². The molecule has 7 heteroatoms. The normalized spacial score (nSPS) is 36.9. The summed E-state index contributed by atoms with van der Waals surface area (Å²) in [6.07, 6.45) is -6.00. The van der Waals surface area contributed by atoms with Crippen LogP contribution in [0, 0.1) is 0 Å². The highest BCUT2D eigenvalue weighted by Crippen LogP contribution is 2.19. The lowest BCUT2D eigenvalue weighted by atomic mass is 10.1. The van der Waals surface area contributed by atoms with Gasteiger partial charge in [-0.1, -0.05) is 0 Å². The summed E-state index contributed by atoms with van der Waals surface area (Å²) in [5.74, 6) is 0. The maximum Gasteiger partial charge on any atom is 0.508 e. The second kappa shape index (κ2) is 4.56. The van der Waals surface area contributed by atoms with Crippen LogP contribution in [0.4, 0.5) is 4.79 Å². The topological polar surface area (TPSA) is 105 Å². The van der Waals surface area contributed by atoms with Crippen LogP contribution in [0.3, 0.4) is 0 Å². The number of rotatable bonds is 2. The number of aliphatic hydroxyl groups excluding tert-OH is 3. The molecule has 14 heavy (non-hydrogen) atoms. The van der Waals surface area contributed by atoms with Gasteiger partial charge in [0.1, 0.15) is 24.9 Å². The van der Waals surface area contributed by atoms with Gasteiger partial charge < -0.3 is 29.5 Å². The van der Waals surface area contributed by atoms with E-state index in [2.05, 4.69) is 9.47 Å². The predicted molar refractivity (Wildman–Crippen MR) is 41.3 cm³/mol. The van der Waals surface area contributed by atoms with E-state index in [0.29, 0.717) is 0 Å². The van der Waals surface area contributed by atoms with Gasteiger partial charge in [-0.2, -0.15) is 0 Å². The molecule has 3 N–H and O–H groups in total. The maximum absolute atomic E-state index is 10.5. The van der Waals surface area contributed by atoms with Gasteiger partial charge >= 0.3 is 6.16 Å². The SMILES string of the molecule is COC(=O)OC[C@@H]1OC(O)[C@H](O)[C@H]1O. The molecule has 1 unspecified atom stereocenters. The fourth-order valence-corrected chi connectivity index (χ4v) is 1.08. The third-order valence-corrected chi connectivity index (χ3v) is 1.87. The molecular formula is C7H12O7. The summed E-state index contributed by atoms with van der Waals surface area (Å²) in [6, 6.07) is 0. The Hall–Kier alpha value is -0.890. The van der Waals surface area contributed by atoms with Gasteiger partial charge in [-0.15, -0.1) is 0 Å². The first kappa shape index (κ1) is 11.2. The van der Waals surface area contributed by atoms with Crippen molar-refractivity contribution in [2.24, 2.45) is 0 Å². The first-order chi connectivity index (χ1) is 6.56. The van der Waals surface area contributed by atoms with Crippen molar-refractivity contribution < 1.29 is 34.3 Å². The van der Waals surface area contributed by atoms with Crippen molar-refractivity contribution in [2.75, 3.05) is 13.7 Å². The fourth-order valence-electron chi connectivity index (χ4n) is 1.08. The van der Waals surface area contributed by atoms with E-state index in [1.807, 2.05) is 0 Å². The summed E-state index contributed by atoms with van der Waals surface area (Å²) >= 11 is 0. The summed E-state index contributed by atoms with van der Waals surface area (Å²) in [4.78, 5) is 10.5. The number of hydrogen-bond acceptors (Lipinski definition) is 7.